The van der Waals surface area contributed by atoms with E-state index in [2.05, 4.69) is 23.8 Å². The molecule has 1 aliphatic heterocycles. The number of carbonyl (C=O) groups is 1. The number of likely N-dealkylation sites (tertiary alicyclic amines) is 1. The van der Waals surface area contributed by atoms with Crippen LogP contribution in [0.15, 0.2) is 6.07 Å². The number of rotatable bonds is 6. The van der Waals surface area contributed by atoms with E-state index in [-0.39, 0.29) is 5.91 Å². The lowest BCUT2D eigenvalue weighted by Gasteiger charge is -2.35. The van der Waals surface area contributed by atoms with Crippen molar-refractivity contribution < 1.29 is 9.53 Å². The molecule has 1 saturated heterocycles. The molecule has 0 unspecified atom stereocenters. The highest BCUT2D eigenvalue weighted by Gasteiger charge is 2.29. The Hall–Kier alpha value is -1.36. The normalized spacial score (nSPS) is 19.0. The Balaban J connectivity index is 2.11. The van der Waals surface area contributed by atoms with Crippen molar-refractivity contribution in [2.45, 2.75) is 57.9 Å². The second-order valence-electron chi connectivity index (χ2n) is 6.52. The maximum absolute atomic E-state index is 12.9. The number of amides is 1. The fraction of sp³-hybridized carbons (Fsp3) is 0.765. The molecule has 1 aromatic rings. The molecule has 1 aromatic heterocycles. The van der Waals surface area contributed by atoms with Gasteiger partial charge in [0.2, 0.25) is 0 Å². The van der Waals surface area contributed by atoms with Crippen LogP contribution >= 0.6 is 0 Å². The van der Waals surface area contributed by atoms with Gasteiger partial charge in [0.15, 0.2) is 0 Å². The third kappa shape index (κ3) is 3.88. The Morgan fingerprint density at radius 3 is 2.86 bits per heavy atom. The molecule has 0 aromatic carbocycles. The number of hydrogen-bond acceptors (Lipinski definition) is 3. The molecule has 1 fully saturated rings. The van der Waals surface area contributed by atoms with E-state index in [1.54, 1.807) is 11.8 Å². The first-order valence-corrected chi connectivity index (χ1v) is 8.38. The van der Waals surface area contributed by atoms with Crippen LogP contribution < -0.4 is 0 Å². The first-order valence-electron chi connectivity index (χ1n) is 8.38. The largest absolute Gasteiger partial charge is 0.385 e. The minimum absolute atomic E-state index is 0.129. The van der Waals surface area contributed by atoms with Crippen molar-refractivity contribution in [3.63, 3.8) is 0 Å². The van der Waals surface area contributed by atoms with E-state index in [1.807, 2.05) is 13.1 Å². The van der Waals surface area contributed by atoms with Gasteiger partial charge in [0.05, 0.1) is 5.69 Å². The number of nitrogens with zero attached hydrogens (tertiary/aromatic N) is 3. The zero-order valence-corrected chi connectivity index (χ0v) is 14.3. The van der Waals surface area contributed by atoms with E-state index in [0.717, 1.165) is 44.5 Å². The number of methoxy groups -OCH3 is 1. The molecule has 1 amide bonds. The summed E-state index contributed by atoms with van der Waals surface area (Å²) < 4.78 is 6.88. The highest BCUT2D eigenvalue weighted by molar-refractivity contribution is 5.93. The van der Waals surface area contributed by atoms with Gasteiger partial charge in [0.25, 0.3) is 5.91 Å². The Kier molecular flexibility index (Phi) is 6.00. The predicted molar refractivity (Wildman–Crippen MR) is 87.1 cm³/mol. The van der Waals surface area contributed by atoms with Gasteiger partial charge in [-0.2, -0.15) is 5.10 Å². The van der Waals surface area contributed by atoms with Crippen molar-refractivity contribution in [2.24, 2.45) is 7.05 Å². The summed E-state index contributed by atoms with van der Waals surface area (Å²) in [6.45, 7) is 5.83. The molecule has 2 rings (SSSR count). The molecule has 1 aliphatic rings. The van der Waals surface area contributed by atoms with Crippen molar-refractivity contribution in [3.05, 3.63) is 17.5 Å². The van der Waals surface area contributed by atoms with Crippen LogP contribution in [0.4, 0.5) is 0 Å². The van der Waals surface area contributed by atoms with E-state index in [0.29, 0.717) is 17.7 Å². The molecule has 0 bridgehead atoms. The second kappa shape index (κ2) is 7.77. The SMILES string of the molecule is COCCC[C@H]1CCCCN1C(=O)c1cc(C(C)C)nn1C. The summed E-state index contributed by atoms with van der Waals surface area (Å²) in [6, 6.07) is 2.29. The highest BCUT2D eigenvalue weighted by atomic mass is 16.5. The second-order valence-corrected chi connectivity index (χ2v) is 6.52. The monoisotopic (exact) mass is 307 g/mol. The standard InChI is InChI=1S/C17H29N3O2/c1-13(2)15-12-16(19(3)18-15)17(21)20-10-6-5-8-14(20)9-7-11-22-4/h12-14H,5-11H2,1-4H3/t14-/m1/s1. The summed E-state index contributed by atoms with van der Waals surface area (Å²) in [7, 11) is 3.59. The van der Waals surface area contributed by atoms with Gasteiger partial charge < -0.3 is 9.64 Å². The predicted octanol–water partition coefficient (Wildman–Crippen LogP) is 2.96. The van der Waals surface area contributed by atoms with Crippen LogP contribution in [0.3, 0.4) is 0 Å². The third-order valence-electron chi connectivity index (χ3n) is 4.48. The Bertz CT molecular complexity index is 496. The van der Waals surface area contributed by atoms with Crippen molar-refractivity contribution in [1.29, 1.82) is 0 Å². The molecule has 0 N–H and O–H groups in total. The van der Waals surface area contributed by atoms with Crippen molar-refractivity contribution >= 4 is 5.91 Å². The first kappa shape index (κ1) is 17.0. The van der Waals surface area contributed by atoms with Gasteiger partial charge in [-0.3, -0.25) is 9.48 Å². The number of piperidine rings is 1. The summed E-state index contributed by atoms with van der Waals surface area (Å²) in [4.78, 5) is 15.0. The van der Waals surface area contributed by atoms with Crippen LogP contribution in [-0.2, 0) is 11.8 Å². The van der Waals surface area contributed by atoms with E-state index in [9.17, 15) is 4.79 Å². The van der Waals surface area contributed by atoms with E-state index in [1.165, 1.54) is 6.42 Å². The topological polar surface area (TPSA) is 47.4 Å². The molecule has 0 saturated carbocycles. The highest BCUT2D eigenvalue weighted by Crippen LogP contribution is 2.24. The number of aryl methyl sites for hydroxylation is 1. The Morgan fingerprint density at radius 2 is 2.23 bits per heavy atom. The summed E-state index contributed by atoms with van der Waals surface area (Å²) in [5.41, 5.74) is 1.70. The smallest absolute Gasteiger partial charge is 0.272 e. The van der Waals surface area contributed by atoms with Crippen LogP contribution in [-0.4, -0.2) is 46.9 Å². The molecular formula is C17H29N3O2. The Labute approximate surface area is 133 Å². The zero-order valence-electron chi connectivity index (χ0n) is 14.3. The molecule has 0 spiro atoms. The van der Waals surface area contributed by atoms with E-state index < -0.39 is 0 Å². The molecule has 0 aliphatic carbocycles. The average Bonchev–Trinajstić information content (AvgIpc) is 2.89. The van der Waals surface area contributed by atoms with Crippen molar-refractivity contribution in [2.75, 3.05) is 20.3 Å². The molecule has 0 radical (unpaired) electrons. The molecule has 22 heavy (non-hydrogen) atoms. The minimum Gasteiger partial charge on any atom is -0.385 e. The molecule has 2 heterocycles. The fourth-order valence-corrected chi connectivity index (χ4v) is 3.15. The number of ether oxygens (including phenoxy) is 1. The zero-order chi connectivity index (χ0) is 16.1. The number of hydrogen-bond donors (Lipinski definition) is 0. The Morgan fingerprint density at radius 1 is 1.45 bits per heavy atom. The maximum Gasteiger partial charge on any atom is 0.272 e. The van der Waals surface area contributed by atoms with Gasteiger partial charge in [-0.05, 0) is 44.1 Å². The van der Waals surface area contributed by atoms with Gasteiger partial charge in [-0.25, -0.2) is 0 Å². The molecule has 5 nitrogen and oxygen atoms in total. The molecule has 5 heteroatoms. The molecule has 124 valence electrons. The van der Waals surface area contributed by atoms with Crippen LogP contribution in [0.25, 0.3) is 0 Å². The number of aromatic nitrogens is 2. The number of carbonyl (C=O) groups excluding carboxylic acids is 1. The minimum atomic E-state index is 0.129. The van der Waals surface area contributed by atoms with Crippen LogP contribution in [0.5, 0.6) is 0 Å². The van der Waals surface area contributed by atoms with Gasteiger partial charge in [0.1, 0.15) is 5.69 Å². The summed E-state index contributed by atoms with van der Waals surface area (Å²) >= 11 is 0. The van der Waals surface area contributed by atoms with Crippen LogP contribution in [0.2, 0.25) is 0 Å². The van der Waals surface area contributed by atoms with Crippen LogP contribution in [0, 0.1) is 0 Å². The van der Waals surface area contributed by atoms with Crippen molar-refractivity contribution in [3.8, 4) is 0 Å². The quantitative estimate of drug-likeness (QED) is 0.759. The summed E-state index contributed by atoms with van der Waals surface area (Å²) in [6.07, 6.45) is 5.44. The average molecular weight is 307 g/mol. The van der Waals surface area contributed by atoms with E-state index in [4.69, 9.17) is 4.74 Å². The summed E-state index contributed by atoms with van der Waals surface area (Å²) in [5.74, 6) is 0.468. The van der Waals surface area contributed by atoms with E-state index >= 15 is 0 Å². The van der Waals surface area contributed by atoms with Gasteiger partial charge in [-0.15, -0.1) is 0 Å². The molecular weight excluding hydrogens is 278 g/mol. The third-order valence-corrected chi connectivity index (χ3v) is 4.48. The summed E-state index contributed by atoms with van der Waals surface area (Å²) in [5, 5.41) is 4.48. The fourth-order valence-electron chi connectivity index (χ4n) is 3.15. The molecule has 1 atom stereocenters. The first-order chi connectivity index (χ1) is 10.5. The van der Waals surface area contributed by atoms with Gasteiger partial charge in [0, 0.05) is 33.4 Å². The van der Waals surface area contributed by atoms with Gasteiger partial charge >= 0.3 is 0 Å². The van der Waals surface area contributed by atoms with Crippen molar-refractivity contribution in [1.82, 2.24) is 14.7 Å². The lowest BCUT2D eigenvalue weighted by atomic mass is 9.97. The van der Waals surface area contributed by atoms with Crippen LogP contribution in [0.1, 0.15) is 68.1 Å². The van der Waals surface area contributed by atoms with Gasteiger partial charge in [-0.1, -0.05) is 13.8 Å². The lowest BCUT2D eigenvalue weighted by Crippen LogP contribution is -2.44. The maximum atomic E-state index is 12.9. The lowest BCUT2D eigenvalue weighted by molar-refractivity contribution is 0.0574.